The maximum Gasteiger partial charge on any atom is 0.417 e. The minimum atomic E-state index is -4.80. The summed E-state index contributed by atoms with van der Waals surface area (Å²) < 4.78 is 43.5. The normalized spacial score (nSPS) is 15.7. The highest BCUT2D eigenvalue weighted by molar-refractivity contribution is 6.08. The number of primary amides is 1. The third-order valence-corrected chi connectivity index (χ3v) is 5.83. The molecule has 188 valence electrons. The number of amides is 4. The van der Waals surface area contributed by atoms with Crippen LogP contribution in [0.2, 0.25) is 0 Å². The Kier molecular flexibility index (Phi) is 6.69. The standard InChI is InChI=1S/C24H23F3N6O3/c1-15-13-32(20-6-3-2-5-16(20)14-31(15)23(36)29-12-21(28)34)22(35)18-8-7-17(33-10-4-9-30-33)11-19(18)24(25,26)27/h2-11,15H,12-14H2,1H3,(H2,28,34)(H,29,36)/t15-/m1/s1. The largest absolute Gasteiger partial charge is 0.417 e. The van der Waals surface area contributed by atoms with Gasteiger partial charge in [-0.2, -0.15) is 18.3 Å². The van der Waals surface area contributed by atoms with E-state index in [1.807, 2.05) is 0 Å². The zero-order valence-electron chi connectivity index (χ0n) is 19.2. The number of nitrogens with one attached hydrogen (secondary N) is 1. The summed E-state index contributed by atoms with van der Waals surface area (Å²) in [6.07, 6.45) is -1.86. The number of carbonyl (C=O) groups is 3. The zero-order chi connectivity index (χ0) is 26.0. The molecule has 2 heterocycles. The van der Waals surface area contributed by atoms with Gasteiger partial charge in [-0.25, -0.2) is 9.48 Å². The number of para-hydroxylation sites is 1. The van der Waals surface area contributed by atoms with Gasteiger partial charge in [0.1, 0.15) is 0 Å². The molecular formula is C24H23F3N6O3. The molecule has 4 rings (SSSR count). The van der Waals surface area contributed by atoms with Crippen LogP contribution in [0.25, 0.3) is 5.69 Å². The van der Waals surface area contributed by atoms with Crippen LogP contribution in [0.15, 0.2) is 60.9 Å². The van der Waals surface area contributed by atoms with E-state index in [9.17, 15) is 27.6 Å². The number of aromatic nitrogens is 2. The second-order valence-corrected chi connectivity index (χ2v) is 8.32. The molecular weight excluding hydrogens is 477 g/mol. The number of rotatable bonds is 4. The van der Waals surface area contributed by atoms with Crippen LogP contribution in [0.1, 0.15) is 28.4 Å². The van der Waals surface area contributed by atoms with E-state index in [1.54, 1.807) is 37.3 Å². The molecule has 1 aliphatic heterocycles. The van der Waals surface area contributed by atoms with Crippen molar-refractivity contribution in [1.82, 2.24) is 20.0 Å². The lowest BCUT2D eigenvalue weighted by Gasteiger charge is -2.29. The monoisotopic (exact) mass is 500 g/mol. The first-order valence-electron chi connectivity index (χ1n) is 11.0. The Morgan fingerprint density at radius 3 is 2.56 bits per heavy atom. The first-order chi connectivity index (χ1) is 17.1. The Morgan fingerprint density at radius 1 is 1.14 bits per heavy atom. The number of fused-ring (bicyclic) bond motifs is 1. The lowest BCUT2D eigenvalue weighted by atomic mass is 10.0. The van der Waals surface area contributed by atoms with Crippen molar-refractivity contribution in [3.63, 3.8) is 0 Å². The van der Waals surface area contributed by atoms with E-state index in [0.717, 1.165) is 12.1 Å². The number of hydrogen-bond acceptors (Lipinski definition) is 4. The molecule has 0 saturated heterocycles. The number of hydrogen-bond donors (Lipinski definition) is 2. The van der Waals surface area contributed by atoms with Crippen molar-refractivity contribution in [2.45, 2.75) is 25.7 Å². The predicted molar refractivity (Wildman–Crippen MR) is 124 cm³/mol. The van der Waals surface area contributed by atoms with Gasteiger partial charge in [-0.15, -0.1) is 0 Å². The maximum absolute atomic E-state index is 14.1. The van der Waals surface area contributed by atoms with Gasteiger partial charge in [0, 0.05) is 37.2 Å². The van der Waals surface area contributed by atoms with Crippen LogP contribution in [0.4, 0.5) is 23.7 Å². The molecule has 4 amide bonds. The van der Waals surface area contributed by atoms with Gasteiger partial charge in [0.15, 0.2) is 0 Å². The first-order valence-corrected chi connectivity index (χ1v) is 11.0. The van der Waals surface area contributed by atoms with Gasteiger partial charge in [-0.1, -0.05) is 18.2 Å². The number of carbonyl (C=O) groups excluding carboxylic acids is 3. The van der Waals surface area contributed by atoms with Crippen LogP contribution in [0, 0.1) is 0 Å². The van der Waals surface area contributed by atoms with Crippen molar-refractivity contribution in [1.29, 1.82) is 0 Å². The third kappa shape index (κ3) is 5.02. The van der Waals surface area contributed by atoms with Crippen LogP contribution in [-0.4, -0.2) is 51.7 Å². The van der Waals surface area contributed by atoms with Crippen molar-refractivity contribution < 1.29 is 27.6 Å². The van der Waals surface area contributed by atoms with E-state index in [0.29, 0.717) is 11.3 Å². The molecule has 9 nitrogen and oxygen atoms in total. The van der Waals surface area contributed by atoms with Crippen molar-refractivity contribution in [2.75, 3.05) is 18.0 Å². The van der Waals surface area contributed by atoms with Gasteiger partial charge >= 0.3 is 12.2 Å². The molecule has 0 aliphatic carbocycles. The molecule has 0 unspecified atom stereocenters. The van der Waals surface area contributed by atoms with Gasteiger partial charge in [0.2, 0.25) is 5.91 Å². The fraction of sp³-hybridized carbons (Fsp3) is 0.250. The Morgan fingerprint density at radius 2 is 1.89 bits per heavy atom. The van der Waals surface area contributed by atoms with Gasteiger partial charge in [0.25, 0.3) is 5.91 Å². The predicted octanol–water partition coefficient (Wildman–Crippen LogP) is 2.94. The average molecular weight is 500 g/mol. The van der Waals surface area contributed by atoms with Gasteiger partial charge in [-0.05, 0) is 42.8 Å². The summed E-state index contributed by atoms with van der Waals surface area (Å²) in [5.41, 5.74) is 4.61. The highest BCUT2D eigenvalue weighted by Crippen LogP contribution is 2.36. The number of alkyl halides is 3. The molecule has 0 saturated carbocycles. The summed E-state index contributed by atoms with van der Waals surface area (Å²) in [5, 5.41) is 6.38. The van der Waals surface area contributed by atoms with E-state index in [-0.39, 0.29) is 25.3 Å². The minimum Gasteiger partial charge on any atom is -0.368 e. The Hall–Kier alpha value is -4.35. The molecule has 0 bridgehead atoms. The van der Waals surface area contributed by atoms with Crippen molar-refractivity contribution in [3.8, 4) is 5.69 Å². The summed E-state index contributed by atoms with van der Waals surface area (Å²) in [7, 11) is 0. The van der Waals surface area contributed by atoms with Crippen molar-refractivity contribution in [3.05, 3.63) is 77.6 Å². The lowest BCUT2D eigenvalue weighted by Crippen LogP contribution is -2.49. The molecule has 0 spiro atoms. The fourth-order valence-corrected chi connectivity index (χ4v) is 4.10. The number of anilines is 1. The second-order valence-electron chi connectivity index (χ2n) is 8.32. The first kappa shape index (κ1) is 24.8. The molecule has 3 aromatic rings. The number of benzene rings is 2. The molecule has 1 atom stereocenters. The van der Waals surface area contributed by atoms with E-state index in [4.69, 9.17) is 5.73 Å². The summed E-state index contributed by atoms with van der Waals surface area (Å²) in [6.45, 7) is 1.31. The van der Waals surface area contributed by atoms with E-state index < -0.39 is 41.2 Å². The fourth-order valence-electron chi connectivity index (χ4n) is 4.10. The summed E-state index contributed by atoms with van der Waals surface area (Å²) in [4.78, 5) is 40.1. The molecule has 2 aromatic carbocycles. The van der Waals surface area contributed by atoms with Crippen LogP contribution >= 0.6 is 0 Å². The Labute approximate surface area is 204 Å². The van der Waals surface area contributed by atoms with E-state index in [2.05, 4.69) is 10.4 Å². The molecule has 1 aliphatic rings. The average Bonchev–Trinajstić information content (AvgIpc) is 3.33. The molecule has 3 N–H and O–H groups in total. The molecule has 0 radical (unpaired) electrons. The molecule has 0 fully saturated rings. The number of nitrogens with zero attached hydrogens (tertiary/aromatic N) is 4. The summed E-state index contributed by atoms with van der Waals surface area (Å²) in [5.74, 6) is -1.57. The topological polar surface area (TPSA) is 114 Å². The zero-order valence-corrected chi connectivity index (χ0v) is 19.2. The lowest BCUT2D eigenvalue weighted by molar-refractivity contribution is -0.137. The Bertz CT molecular complexity index is 1290. The smallest absolute Gasteiger partial charge is 0.368 e. The van der Waals surface area contributed by atoms with Crippen LogP contribution in [0.3, 0.4) is 0 Å². The summed E-state index contributed by atoms with van der Waals surface area (Å²) >= 11 is 0. The van der Waals surface area contributed by atoms with E-state index >= 15 is 0 Å². The second kappa shape index (κ2) is 9.72. The summed E-state index contributed by atoms with van der Waals surface area (Å²) in [6, 6.07) is 10.5. The highest BCUT2D eigenvalue weighted by atomic mass is 19.4. The maximum atomic E-state index is 14.1. The molecule has 1 aromatic heterocycles. The van der Waals surface area contributed by atoms with Gasteiger partial charge < -0.3 is 20.9 Å². The molecule has 12 heteroatoms. The van der Waals surface area contributed by atoms with Crippen LogP contribution in [-0.2, 0) is 17.5 Å². The Balaban J connectivity index is 1.73. The number of urea groups is 1. The minimum absolute atomic E-state index is 0.0714. The van der Waals surface area contributed by atoms with Crippen molar-refractivity contribution in [2.24, 2.45) is 5.73 Å². The molecule has 36 heavy (non-hydrogen) atoms. The highest BCUT2D eigenvalue weighted by Gasteiger charge is 2.39. The van der Waals surface area contributed by atoms with E-state index in [1.165, 1.54) is 32.9 Å². The third-order valence-electron chi connectivity index (χ3n) is 5.83. The van der Waals surface area contributed by atoms with Crippen molar-refractivity contribution >= 4 is 23.5 Å². The van der Waals surface area contributed by atoms with Crippen LogP contribution < -0.4 is 16.0 Å². The van der Waals surface area contributed by atoms with Gasteiger partial charge in [0.05, 0.1) is 23.4 Å². The number of nitrogens with two attached hydrogens (primary N) is 1. The number of halogens is 3. The van der Waals surface area contributed by atoms with Crippen LogP contribution in [0.5, 0.6) is 0 Å². The quantitative estimate of drug-likeness (QED) is 0.574. The SMILES string of the molecule is C[C@@H]1CN(C(=O)c2ccc(-n3cccn3)cc2C(F)(F)F)c2ccccc2CN1C(=O)NCC(N)=O. The van der Waals surface area contributed by atoms with Gasteiger partial charge in [-0.3, -0.25) is 9.59 Å².